The molecular weight excluding hydrogens is 268 g/mol. The molecule has 0 fully saturated rings. The number of hydrogen-bond acceptors (Lipinski definition) is 2. The Balaban J connectivity index is 2.35. The fourth-order valence-corrected chi connectivity index (χ4v) is 3.06. The van der Waals surface area contributed by atoms with Crippen LogP contribution in [-0.4, -0.2) is 22.0 Å². The van der Waals surface area contributed by atoms with Crippen LogP contribution in [0, 0.1) is 0 Å². The van der Waals surface area contributed by atoms with Crippen molar-refractivity contribution in [2.75, 3.05) is 0 Å². The molecule has 2 amide bonds. The molecule has 5 nitrogen and oxygen atoms in total. The Hall–Kier alpha value is -2.82. The molecule has 21 heavy (non-hydrogen) atoms. The maximum absolute atomic E-state index is 12.3. The predicted octanol–water partition coefficient (Wildman–Crippen LogP) is 1.91. The van der Waals surface area contributed by atoms with E-state index in [-0.39, 0.29) is 6.54 Å². The van der Waals surface area contributed by atoms with E-state index in [0.717, 1.165) is 10.5 Å². The molecule has 3 N–H and O–H groups in total. The highest BCUT2D eigenvalue weighted by Gasteiger charge is 2.53. The molecule has 0 radical (unpaired) electrons. The molecule has 0 aromatic heterocycles. The van der Waals surface area contributed by atoms with Crippen molar-refractivity contribution in [3.8, 4) is 0 Å². The number of benzene rings is 2. The van der Waals surface area contributed by atoms with Gasteiger partial charge in [0.05, 0.1) is 6.54 Å². The average molecular weight is 282 g/mol. The molecule has 1 aliphatic rings. The van der Waals surface area contributed by atoms with Crippen molar-refractivity contribution < 1.29 is 14.7 Å². The van der Waals surface area contributed by atoms with Crippen molar-refractivity contribution in [2.45, 2.75) is 12.1 Å². The van der Waals surface area contributed by atoms with Gasteiger partial charge in [0.1, 0.15) is 0 Å². The smallest absolute Gasteiger partial charge is 0.409 e. The molecule has 0 aliphatic carbocycles. The van der Waals surface area contributed by atoms with Crippen LogP contribution >= 0.6 is 0 Å². The fraction of sp³-hybridized carbons (Fsp3) is 0.125. The third-order valence-electron chi connectivity index (χ3n) is 3.92. The summed E-state index contributed by atoms with van der Waals surface area (Å²) in [6, 6.07) is 16.0. The first-order chi connectivity index (χ1) is 10.1. The van der Waals surface area contributed by atoms with Crippen molar-refractivity contribution in [1.82, 2.24) is 4.90 Å². The summed E-state index contributed by atoms with van der Waals surface area (Å²) in [7, 11) is 0. The zero-order chi connectivity index (χ0) is 15.0. The van der Waals surface area contributed by atoms with Crippen molar-refractivity contribution in [3.05, 3.63) is 71.3 Å². The number of carbonyl (C=O) groups excluding carboxylic acids is 1. The quantitative estimate of drug-likeness (QED) is 0.882. The average Bonchev–Trinajstić information content (AvgIpc) is 2.84. The van der Waals surface area contributed by atoms with Gasteiger partial charge in [-0.1, -0.05) is 54.6 Å². The van der Waals surface area contributed by atoms with E-state index in [2.05, 4.69) is 0 Å². The van der Waals surface area contributed by atoms with Gasteiger partial charge >= 0.3 is 6.09 Å². The topological polar surface area (TPSA) is 83.6 Å². The van der Waals surface area contributed by atoms with Crippen LogP contribution in [0.1, 0.15) is 16.7 Å². The van der Waals surface area contributed by atoms with Crippen LogP contribution in [0.2, 0.25) is 0 Å². The number of nitrogens with zero attached hydrogens (tertiary/aromatic N) is 1. The maximum Gasteiger partial charge on any atom is 0.409 e. The molecule has 1 atom stereocenters. The first-order valence-corrected chi connectivity index (χ1v) is 6.53. The molecule has 0 bridgehead atoms. The number of amides is 2. The molecule has 2 aromatic rings. The number of hydrogen-bond donors (Lipinski definition) is 2. The lowest BCUT2D eigenvalue weighted by Crippen LogP contribution is -2.53. The number of carbonyl (C=O) groups is 2. The lowest BCUT2D eigenvalue weighted by Gasteiger charge is -2.35. The molecule has 1 heterocycles. The molecule has 106 valence electrons. The van der Waals surface area contributed by atoms with Crippen LogP contribution in [0.5, 0.6) is 0 Å². The highest BCUT2D eigenvalue weighted by atomic mass is 16.4. The van der Waals surface area contributed by atoms with Crippen LogP contribution in [-0.2, 0) is 16.9 Å². The van der Waals surface area contributed by atoms with E-state index in [1.807, 2.05) is 18.2 Å². The van der Waals surface area contributed by atoms with Crippen molar-refractivity contribution in [1.29, 1.82) is 0 Å². The number of rotatable bonds is 2. The summed E-state index contributed by atoms with van der Waals surface area (Å²) in [6.45, 7) is 0.142. The van der Waals surface area contributed by atoms with Gasteiger partial charge in [0.2, 0.25) is 0 Å². The van der Waals surface area contributed by atoms with Crippen molar-refractivity contribution in [3.63, 3.8) is 0 Å². The molecule has 2 aromatic carbocycles. The van der Waals surface area contributed by atoms with Crippen molar-refractivity contribution >= 4 is 12.0 Å². The third-order valence-corrected chi connectivity index (χ3v) is 3.92. The Kier molecular flexibility index (Phi) is 2.90. The molecule has 3 rings (SSSR count). The molecule has 1 unspecified atom stereocenters. The third kappa shape index (κ3) is 1.71. The monoisotopic (exact) mass is 282 g/mol. The minimum absolute atomic E-state index is 0.142. The summed E-state index contributed by atoms with van der Waals surface area (Å²) < 4.78 is 0. The van der Waals surface area contributed by atoms with Gasteiger partial charge in [-0.2, -0.15) is 0 Å². The number of primary amides is 1. The summed E-state index contributed by atoms with van der Waals surface area (Å²) in [6.07, 6.45) is -1.17. The second-order valence-corrected chi connectivity index (χ2v) is 4.97. The van der Waals surface area contributed by atoms with Gasteiger partial charge in [-0.05, 0) is 16.7 Å². The fourth-order valence-electron chi connectivity index (χ4n) is 3.06. The Morgan fingerprint density at radius 2 is 1.67 bits per heavy atom. The van der Waals surface area contributed by atoms with Gasteiger partial charge in [0.25, 0.3) is 5.91 Å². The summed E-state index contributed by atoms with van der Waals surface area (Å²) in [4.78, 5) is 25.1. The minimum atomic E-state index is -1.47. The summed E-state index contributed by atoms with van der Waals surface area (Å²) >= 11 is 0. The maximum atomic E-state index is 12.3. The van der Waals surface area contributed by atoms with E-state index in [1.54, 1.807) is 36.4 Å². The van der Waals surface area contributed by atoms with Crippen molar-refractivity contribution in [2.24, 2.45) is 5.73 Å². The largest absolute Gasteiger partial charge is 0.465 e. The predicted molar refractivity (Wildman–Crippen MR) is 76.4 cm³/mol. The number of fused-ring (bicyclic) bond motifs is 1. The summed E-state index contributed by atoms with van der Waals surface area (Å²) in [5.74, 6) is -0.693. The van der Waals surface area contributed by atoms with Gasteiger partial charge in [0, 0.05) is 0 Å². The molecule has 5 heteroatoms. The molecule has 0 saturated heterocycles. The van der Waals surface area contributed by atoms with Gasteiger partial charge in [0.15, 0.2) is 5.54 Å². The summed E-state index contributed by atoms with van der Waals surface area (Å²) in [5.41, 5.74) is 6.18. The lowest BCUT2D eigenvalue weighted by molar-refractivity contribution is -0.126. The first-order valence-electron chi connectivity index (χ1n) is 6.53. The number of nitrogens with two attached hydrogens (primary N) is 1. The van der Waals surface area contributed by atoms with E-state index < -0.39 is 17.5 Å². The van der Waals surface area contributed by atoms with E-state index >= 15 is 0 Å². The molecular formula is C16H14N2O3. The second-order valence-electron chi connectivity index (χ2n) is 4.97. The van der Waals surface area contributed by atoms with Crippen LogP contribution in [0.3, 0.4) is 0 Å². The first kappa shape index (κ1) is 13.2. The molecule has 0 saturated carbocycles. The highest BCUT2D eigenvalue weighted by molar-refractivity contribution is 5.95. The molecule has 0 spiro atoms. The van der Waals surface area contributed by atoms with Gasteiger partial charge < -0.3 is 10.8 Å². The highest BCUT2D eigenvalue weighted by Crippen LogP contribution is 2.44. The van der Waals surface area contributed by atoms with Crippen LogP contribution in [0.4, 0.5) is 4.79 Å². The van der Waals surface area contributed by atoms with Crippen LogP contribution < -0.4 is 5.73 Å². The Bertz CT molecular complexity index is 714. The minimum Gasteiger partial charge on any atom is -0.465 e. The SMILES string of the molecule is NC(=O)C1(c2ccccc2)c2ccccc2CN1C(=O)O. The van der Waals surface area contributed by atoms with Gasteiger partial charge in [-0.15, -0.1) is 0 Å². The van der Waals surface area contributed by atoms with Crippen LogP contribution in [0.15, 0.2) is 54.6 Å². The van der Waals surface area contributed by atoms with Gasteiger partial charge in [-0.3, -0.25) is 9.69 Å². The Morgan fingerprint density at radius 1 is 1.05 bits per heavy atom. The normalized spacial score (nSPS) is 20.1. The van der Waals surface area contributed by atoms with E-state index in [9.17, 15) is 14.7 Å². The Labute approximate surface area is 121 Å². The zero-order valence-corrected chi connectivity index (χ0v) is 11.2. The molecule has 1 aliphatic heterocycles. The van der Waals surface area contributed by atoms with Crippen LogP contribution in [0.25, 0.3) is 0 Å². The standard InChI is InChI=1S/C16H14N2O3/c17-14(19)16(12-7-2-1-3-8-12)13-9-5-4-6-11(13)10-18(16)15(20)21/h1-9H,10H2,(H2,17,19)(H,20,21). The Morgan fingerprint density at radius 3 is 2.29 bits per heavy atom. The number of carboxylic acid groups (broad SMARTS) is 1. The van der Waals surface area contributed by atoms with E-state index in [4.69, 9.17) is 5.73 Å². The zero-order valence-electron chi connectivity index (χ0n) is 11.2. The van der Waals surface area contributed by atoms with E-state index in [1.165, 1.54) is 0 Å². The van der Waals surface area contributed by atoms with E-state index in [0.29, 0.717) is 11.1 Å². The lowest BCUT2D eigenvalue weighted by atomic mass is 9.82. The summed E-state index contributed by atoms with van der Waals surface area (Å²) in [5, 5.41) is 9.55. The van der Waals surface area contributed by atoms with Gasteiger partial charge in [-0.25, -0.2) is 4.79 Å². The second kappa shape index (κ2) is 4.63.